The highest BCUT2D eigenvalue weighted by atomic mass is 19.1. The van der Waals surface area contributed by atoms with Crippen LogP contribution in [0.15, 0.2) is 30.5 Å². The summed E-state index contributed by atoms with van der Waals surface area (Å²) in [4.78, 5) is 44.6. The molecule has 0 saturated carbocycles. The lowest BCUT2D eigenvalue weighted by atomic mass is 9.98. The lowest BCUT2D eigenvalue weighted by molar-refractivity contribution is -0.137. The van der Waals surface area contributed by atoms with Crippen molar-refractivity contribution in [3.8, 4) is 11.3 Å². The average Bonchev–Trinajstić information content (AvgIpc) is 2.98. The normalized spacial score (nSPS) is 23.8. The second-order valence-corrected chi connectivity index (χ2v) is 8.64. The van der Waals surface area contributed by atoms with Crippen LogP contribution < -0.4 is 5.32 Å². The maximum absolute atomic E-state index is 15.7. The molecule has 5 rings (SSSR count). The van der Waals surface area contributed by atoms with Gasteiger partial charge in [-0.15, -0.1) is 0 Å². The van der Waals surface area contributed by atoms with Crippen LogP contribution in [0.1, 0.15) is 47.3 Å². The van der Waals surface area contributed by atoms with Crippen LogP contribution in [0.4, 0.5) is 4.39 Å². The molecule has 0 radical (unpaired) electrons. The molecule has 3 aliphatic heterocycles. The zero-order valence-corrected chi connectivity index (χ0v) is 17.5. The Kier molecular flexibility index (Phi) is 5.02. The van der Waals surface area contributed by atoms with E-state index in [-0.39, 0.29) is 36.0 Å². The molecule has 4 heterocycles. The molecule has 9 heteroatoms. The van der Waals surface area contributed by atoms with Gasteiger partial charge in [0.15, 0.2) is 0 Å². The Morgan fingerprint density at radius 3 is 2.66 bits per heavy atom. The number of hydrogen-bond donors (Lipinski definition) is 2. The molecule has 2 fully saturated rings. The number of carbonyl (C=O) groups is 3. The van der Waals surface area contributed by atoms with Gasteiger partial charge in [0.05, 0.1) is 17.8 Å². The van der Waals surface area contributed by atoms with Crippen molar-refractivity contribution in [1.82, 2.24) is 20.1 Å². The number of likely N-dealkylation sites (tertiary alicyclic amines) is 1. The number of aromatic nitrogens is 1. The van der Waals surface area contributed by atoms with Gasteiger partial charge in [0.2, 0.25) is 11.8 Å². The molecule has 2 N–H and O–H groups in total. The molecular weight excluding hydrogens is 415 g/mol. The van der Waals surface area contributed by atoms with Crippen molar-refractivity contribution in [3.05, 3.63) is 53.0 Å². The molecule has 0 spiro atoms. The molecule has 32 heavy (non-hydrogen) atoms. The third-order valence-electron chi connectivity index (χ3n) is 6.47. The molecule has 0 bridgehead atoms. The monoisotopic (exact) mass is 438 g/mol. The van der Waals surface area contributed by atoms with E-state index in [1.54, 1.807) is 25.3 Å². The minimum atomic E-state index is -0.807. The van der Waals surface area contributed by atoms with Gasteiger partial charge < -0.3 is 10.0 Å². The second-order valence-electron chi connectivity index (χ2n) is 8.64. The van der Waals surface area contributed by atoms with E-state index in [1.165, 1.54) is 4.90 Å². The van der Waals surface area contributed by atoms with E-state index >= 15 is 4.39 Å². The Hall–Kier alpha value is -3.17. The standard InChI is InChI=1S/C23H23FN4O4/c1-12-20-16(23(32)28(12)18-4-5-19(30)26-22(18)31)3-2-15(21(20)24)17-8-13(6-7-25-17)9-27-10-14(29)11-27/h2-3,6-8,12,14,18,29H,4-5,9-11H2,1H3,(H,26,30,31). The number of imide groups is 1. The average molecular weight is 438 g/mol. The topological polar surface area (TPSA) is 103 Å². The predicted molar refractivity (Wildman–Crippen MR) is 112 cm³/mol. The van der Waals surface area contributed by atoms with Crippen molar-refractivity contribution in [2.45, 2.75) is 44.5 Å². The van der Waals surface area contributed by atoms with Gasteiger partial charge in [-0.25, -0.2) is 4.39 Å². The highest BCUT2D eigenvalue weighted by molar-refractivity contribution is 6.06. The summed E-state index contributed by atoms with van der Waals surface area (Å²) in [5, 5.41) is 11.7. The van der Waals surface area contributed by atoms with Crippen molar-refractivity contribution in [3.63, 3.8) is 0 Å². The number of piperidine rings is 1. The van der Waals surface area contributed by atoms with Crippen molar-refractivity contribution in [1.29, 1.82) is 0 Å². The molecule has 1 aromatic heterocycles. The zero-order valence-electron chi connectivity index (χ0n) is 17.5. The summed E-state index contributed by atoms with van der Waals surface area (Å²) in [5.74, 6) is -1.83. The molecular formula is C23H23FN4O4. The summed E-state index contributed by atoms with van der Waals surface area (Å²) in [6, 6.07) is 5.35. The van der Waals surface area contributed by atoms with Crippen LogP contribution in [0.25, 0.3) is 11.3 Å². The summed E-state index contributed by atoms with van der Waals surface area (Å²) in [6.07, 6.45) is 1.69. The molecule has 2 aromatic rings. The molecule has 2 atom stereocenters. The smallest absolute Gasteiger partial charge is 0.255 e. The van der Waals surface area contributed by atoms with Gasteiger partial charge in [0.1, 0.15) is 11.9 Å². The number of rotatable bonds is 4. The van der Waals surface area contributed by atoms with E-state index in [2.05, 4.69) is 15.2 Å². The van der Waals surface area contributed by atoms with Crippen molar-refractivity contribution in [2.24, 2.45) is 0 Å². The number of halogens is 1. The van der Waals surface area contributed by atoms with Crippen LogP contribution >= 0.6 is 0 Å². The fraction of sp³-hybridized carbons (Fsp3) is 0.391. The Morgan fingerprint density at radius 1 is 1.19 bits per heavy atom. The minimum Gasteiger partial charge on any atom is -0.390 e. The summed E-state index contributed by atoms with van der Waals surface area (Å²) >= 11 is 0. The number of fused-ring (bicyclic) bond motifs is 1. The summed E-state index contributed by atoms with van der Waals surface area (Å²) in [6.45, 7) is 3.55. The van der Waals surface area contributed by atoms with Crippen LogP contribution in [-0.2, 0) is 16.1 Å². The first kappa shape index (κ1) is 20.7. The largest absolute Gasteiger partial charge is 0.390 e. The maximum atomic E-state index is 15.7. The van der Waals surface area contributed by atoms with Gasteiger partial charge in [-0.3, -0.25) is 29.6 Å². The number of β-amino-alcohol motifs (C(OH)–C–C–N with tert-alkyl or cyclic N) is 1. The van der Waals surface area contributed by atoms with Crippen LogP contribution in [0, 0.1) is 5.82 Å². The molecule has 1 aromatic carbocycles. The molecule has 166 valence electrons. The fourth-order valence-electron chi connectivity index (χ4n) is 4.85. The lowest BCUT2D eigenvalue weighted by Gasteiger charge is -2.35. The highest BCUT2D eigenvalue weighted by Gasteiger charge is 2.44. The summed E-state index contributed by atoms with van der Waals surface area (Å²) in [5.41, 5.74) is 2.18. The third kappa shape index (κ3) is 3.37. The first-order valence-corrected chi connectivity index (χ1v) is 10.7. The SMILES string of the molecule is CC1c2c(ccc(-c3cc(CN4CC(O)C4)ccn3)c2F)C(=O)N1C1CCC(=O)NC1=O. The van der Waals surface area contributed by atoms with Crippen molar-refractivity contribution < 1.29 is 23.9 Å². The van der Waals surface area contributed by atoms with E-state index in [4.69, 9.17) is 0 Å². The molecule has 2 saturated heterocycles. The quantitative estimate of drug-likeness (QED) is 0.700. The van der Waals surface area contributed by atoms with Gasteiger partial charge in [-0.1, -0.05) is 0 Å². The number of amides is 3. The number of pyridine rings is 1. The molecule has 3 amide bonds. The number of hydrogen-bond acceptors (Lipinski definition) is 6. The minimum absolute atomic E-state index is 0.141. The molecule has 0 aliphatic carbocycles. The number of aliphatic hydroxyl groups is 1. The van der Waals surface area contributed by atoms with Crippen LogP contribution in [-0.4, -0.2) is 62.8 Å². The predicted octanol–water partition coefficient (Wildman–Crippen LogP) is 1.39. The van der Waals surface area contributed by atoms with Gasteiger partial charge >= 0.3 is 0 Å². The van der Waals surface area contributed by atoms with Gasteiger partial charge in [-0.2, -0.15) is 0 Å². The van der Waals surface area contributed by atoms with Crippen LogP contribution in [0.2, 0.25) is 0 Å². The number of carbonyl (C=O) groups excluding carboxylic acids is 3. The van der Waals surface area contributed by atoms with E-state index in [0.717, 1.165) is 5.56 Å². The fourth-order valence-corrected chi connectivity index (χ4v) is 4.85. The van der Waals surface area contributed by atoms with E-state index < -0.39 is 29.7 Å². The number of benzene rings is 1. The van der Waals surface area contributed by atoms with Gasteiger partial charge in [0, 0.05) is 48.9 Å². The third-order valence-corrected chi connectivity index (χ3v) is 6.47. The summed E-state index contributed by atoms with van der Waals surface area (Å²) in [7, 11) is 0. The van der Waals surface area contributed by atoms with Crippen molar-refractivity contribution in [2.75, 3.05) is 13.1 Å². The molecule has 2 unspecified atom stereocenters. The molecule has 3 aliphatic rings. The second kappa shape index (κ2) is 7.75. The van der Waals surface area contributed by atoms with Gasteiger partial charge in [0.25, 0.3) is 5.91 Å². The number of aliphatic hydroxyl groups excluding tert-OH is 1. The maximum Gasteiger partial charge on any atom is 0.255 e. The Bertz CT molecular complexity index is 1130. The van der Waals surface area contributed by atoms with Crippen molar-refractivity contribution >= 4 is 17.7 Å². The first-order chi connectivity index (χ1) is 15.3. The number of nitrogens with zero attached hydrogens (tertiary/aromatic N) is 3. The Balaban J connectivity index is 1.45. The molecule has 8 nitrogen and oxygen atoms in total. The Morgan fingerprint density at radius 2 is 1.94 bits per heavy atom. The van der Waals surface area contributed by atoms with E-state index in [0.29, 0.717) is 30.9 Å². The van der Waals surface area contributed by atoms with Crippen LogP contribution in [0.3, 0.4) is 0 Å². The first-order valence-electron chi connectivity index (χ1n) is 10.7. The summed E-state index contributed by atoms with van der Waals surface area (Å²) < 4.78 is 15.7. The Labute approximate surface area is 184 Å². The number of nitrogens with one attached hydrogen (secondary N) is 1. The van der Waals surface area contributed by atoms with E-state index in [1.807, 2.05) is 12.1 Å². The zero-order chi connectivity index (χ0) is 22.6. The lowest BCUT2D eigenvalue weighted by Crippen LogP contribution is -2.53. The van der Waals surface area contributed by atoms with Crippen LogP contribution in [0.5, 0.6) is 0 Å². The van der Waals surface area contributed by atoms with E-state index in [9.17, 15) is 19.5 Å². The highest BCUT2D eigenvalue weighted by Crippen LogP contribution is 2.40. The van der Waals surface area contributed by atoms with Gasteiger partial charge in [-0.05, 0) is 43.2 Å².